The van der Waals surface area contributed by atoms with Gasteiger partial charge in [-0.25, -0.2) is 0 Å². The van der Waals surface area contributed by atoms with Gasteiger partial charge in [-0.05, 0) is 56.8 Å². The van der Waals surface area contributed by atoms with Gasteiger partial charge in [0, 0.05) is 0 Å². The Hall–Kier alpha value is -0.0800. The Morgan fingerprint density at radius 3 is 2.32 bits per heavy atom. The highest BCUT2D eigenvalue weighted by Crippen LogP contribution is 2.43. The largest absolute Gasteiger partial charge is 0.393 e. The summed E-state index contributed by atoms with van der Waals surface area (Å²) in [6.07, 6.45) is 5.49. The number of ether oxygens (including phenoxy) is 1. The van der Waals surface area contributed by atoms with E-state index in [-0.39, 0.29) is 17.1 Å². The van der Waals surface area contributed by atoms with E-state index < -0.39 is 0 Å². The smallest absolute Gasteiger partial charge is 0.0664 e. The highest BCUT2D eigenvalue weighted by atomic mass is 16.5. The zero-order valence-electron chi connectivity index (χ0n) is 14.0. The Bertz CT molecular complexity index is 288. The topological polar surface area (TPSA) is 29.5 Å². The molecule has 0 aromatic heterocycles. The van der Waals surface area contributed by atoms with E-state index in [1.807, 2.05) is 6.92 Å². The number of hydrogen-bond acceptors (Lipinski definition) is 2. The fraction of sp³-hybridized carbons (Fsp3) is 1.00. The minimum Gasteiger partial charge on any atom is -0.393 e. The van der Waals surface area contributed by atoms with Crippen LogP contribution in [0.15, 0.2) is 0 Å². The van der Waals surface area contributed by atoms with E-state index in [2.05, 4.69) is 41.5 Å². The van der Waals surface area contributed by atoms with Crippen LogP contribution in [0, 0.1) is 10.8 Å². The summed E-state index contributed by atoms with van der Waals surface area (Å²) in [5, 5.41) is 9.58. The maximum atomic E-state index is 9.58. The van der Waals surface area contributed by atoms with Gasteiger partial charge in [-0.3, -0.25) is 0 Å². The third-order valence-corrected chi connectivity index (χ3v) is 3.98. The van der Waals surface area contributed by atoms with Crippen LogP contribution in [-0.4, -0.2) is 22.9 Å². The number of aliphatic hydroxyl groups excluding tert-OH is 1. The average Bonchev–Trinajstić information content (AvgIpc) is 2.39. The lowest BCUT2D eigenvalue weighted by molar-refractivity contribution is -0.0660. The third kappa shape index (κ3) is 6.27. The van der Waals surface area contributed by atoms with Crippen molar-refractivity contribution in [2.45, 2.75) is 98.4 Å². The summed E-state index contributed by atoms with van der Waals surface area (Å²) in [6.45, 7) is 15.5. The molecule has 3 atom stereocenters. The molecule has 1 heterocycles. The van der Waals surface area contributed by atoms with Gasteiger partial charge >= 0.3 is 0 Å². The van der Waals surface area contributed by atoms with Crippen LogP contribution in [0.5, 0.6) is 0 Å². The first-order chi connectivity index (χ1) is 8.41. The molecule has 0 saturated carbocycles. The van der Waals surface area contributed by atoms with Crippen LogP contribution in [0.4, 0.5) is 0 Å². The predicted molar refractivity (Wildman–Crippen MR) is 81.3 cm³/mol. The second-order valence-corrected chi connectivity index (χ2v) is 8.89. The van der Waals surface area contributed by atoms with Crippen molar-refractivity contribution in [3.05, 3.63) is 0 Å². The Kier molecular flexibility index (Phi) is 5.12. The van der Waals surface area contributed by atoms with E-state index in [4.69, 9.17) is 4.74 Å². The van der Waals surface area contributed by atoms with E-state index in [0.717, 1.165) is 25.7 Å². The summed E-state index contributed by atoms with van der Waals surface area (Å²) in [4.78, 5) is 0. The minimum atomic E-state index is -0.225. The van der Waals surface area contributed by atoms with Crippen molar-refractivity contribution in [3.63, 3.8) is 0 Å². The zero-order chi connectivity index (χ0) is 14.9. The van der Waals surface area contributed by atoms with Gasteiger partial charge in [0.1, 0.15) is 0 Å². The minimum absolute atomic E-state index is 0.0455. The van der Waals surface area contributed by atoms with Gasteiger partial charge in [-0.2, -0.15) is 0 Å². The molecular weight excluding hydrogens is 236 g/mol. The van der Waals surface area contributed by atoms with Crippen LogP contribution >= 0.6 is 0 Å². The van der Waals surface area contributed by atoms with Crippen molar-refractivity contribution < 1.29 is 9.84 Å². The molecular formula is C17H34O2. The van der Waals surface area contributed by atoms with E-state index in [0.29, 0.717) is 11.5 Å². The highest BCUT2D eigenvalue weighted by molar-refractivity contribution is 4.90. The lowest BCUT2D eigenvalue weighted by Crippen LogP contribution is -2.32. The number of aliphatic hydroxyl groups is 1. The van der Waals surface area contributed by atoms with Crippen LogP contribution in [0.1, 0.15) is 80.6 Å². The SMILES string of the molecule is CC(O)CC(C)(C)CC1CCC(C)(CC(C)(C)C)O1. The molecule has 0 aromatic rings. The lowest BCUT2D eigenvalue weighted by Gasteiger charge is -2.34. The van der Waals surface area contributed by atoms with Gasteiger partial charge in [-0.1, -0.05) is 34.6 Å². The van der Waals surface area contributed by atoms with E-state index >= 15 is 0 Å². The summed E-state index contributed by atoms with van der Waals surface area (Å²) in [5.74, 6) is 0. The Morgan fingerprint density at radius 2 is 1.84 bits per heavy atom. The molecule has 1 saturated heterocycles. The standard InChI is InChI=1S/C17H34O2/c1-13(18)10-16(5,6)11-14-8-9-17(7,19-14)12-15(2,3)4/h13-14,18H,8-12H2,1-7H3. The van der Waals surface area contributed by atoms with Crippen LogP contribution < -0.4 is 0 Å². The number of hydrogen-bond donors (Lipinski definition) is 1. The molecule has 1 aliphatic heterocycles. The highest BCUT2D eigenvalue weighted by Gasteiger charge is 2.40. The van der Waals surface area contributed by atoms with Crippen molar-refractivity contribution in [1.82, 2.24) is 0 Å². The third-order valence-electron chi connectivity index (χ3n) is 3.98. The molecule has 0 aromatic carbocycles. The molecule has 2 heteroatoms. The van der Waals surface area contributed by atoms with Gasteiger partial charge in [0.2, 0.25) is 0 Å². The fourth-order valence-corrected chi connectivity index (χ4v) is 3.88. The van der Waals surface area contributed by atoms with Crippen molar-refractivity contribution in [3.8, 4) is 0 Å². The zero-order valence-corrected chi connectivity index (χ0v) is 14.0. The molecule has 1 aliphatic rings. The molecule has 0 aliphatic carbocycles. The normalized spacial score (nSPS) is 30.6. The Labute approximate surface area is 119 Å². The van der Waals surface area contributed by atoms with E-state index in [1.54, 1.807) is 0 Å². The monoisotopic (exact) mass is 270 g/mol. The van der Waals surface area contributed by atoms with Gasteiger partial charge in [0.25, 0.3) is 0 Å². The number of rotatable bonds is 5. The molecule has 1 rings (SSSR count). The van der Waals surface area contributed by atoms with Crippen LogP contribution in [0.25, 0.3) is 0 Å². The summed E-state index contributed by atoms with van der Waals surface area (Å²) in [7, 11) is 0. The van der Waals surface area contributed by atoms with E-state index in [1.165, 1.54) is 6.42 Å². The predicted octanol–water partition coefficient (Wildman–Crippen LogP) is 4.55. The van der Waals surface area contributed by atoms with Gasteiger partial charge in [0.15, 0.2) is 0 Å². The average molecular weight is 270 g/mol. The van der Waals surface area contributed by atoms with Crippen molar-refractivity contribution in [2.24, 2.45) is 10.8 Å². The molecule has 1 fully saturated rings. The summed E-state index contributed by atoms with van der Waals surface area (Å²) >= 11 is 0. The van der Waals surface area contributed by atoms with Crippen molar-refractivity contribution in [2.75, 3.05) is 0 Å². The second kappa shape index (κ2) is 5.73. The maximum absolute atomic E-state index is 9.58. The van der Waals surface area contributed by atoms with Crippen molar-refractivity contribution in [1.29, 1.82) is 0 Å². The summed E-state index contributed by atoms with van der Waals surface area (Å²) in [6, 6.07) is 0. The van der Waals surface area contributed by atoms with Crippen LogP contribution in [-0.2, 0) is 4.74 Å². The van der Waals surface area contributed by atoms with Crippen LogP contribution in [0.3, 0.4) is 0 Å². The lowest BCUT2D eigenvalue weighted by atomic mass is 9.80. The first kappa shape index (κ1) is 17.0. The fourth-order valence-electron chi connectivity index (χ4n) is 3.88. The van der Waals surface area contributed by atoms with Crippen molar-refractivity contribution >= 4 is 0 Å². The first-order valence-electron chi connectivity index (χ1n) is 7.77. The maximum Gasteiger partial charge on any atom is 0.0664 e. The molecule has 19 heavy (non-hydrogen) atoms. The van der Waals surface area contributed by atoms with Gasteiger partial charge in [-0.15, -0.1) is 0 Å². The van der Waals surface area contributed by atoms with Gasteiger partial charge < -0.3 is 9.84 Å². The van der Waals surface area contributed by atoms with E-state index in [9.17, 15) is 5.11 Å². The molecule has 0 bridgehead atoms. The molecule has 114 valence electrons. The molecule has 0 radical (unpaired) electrons. The molecule has 0 spiro atoms. The van der Waals surface area contributed by atoms with Crippen LogP contribution in [0.2, 0.25) is 0 Å². The molecule has 3 unspecified atom stereocenters. The Balaban J connectivity index is 2.52. The molecule has 2 nitrogen and oxygen atoms in total. The van der Waals surface area contributed by atoms with Gasteiger partial charge in [0.05, 0.1) is 17.8 Å². The quantitative estimate of drug-likeness (QED) is 0.794. The first-order valence-corrected chi connectivity index (χ1v) is 7.77. The summed E-state index contributed by atoms with van der Waals surface area (Å²) in [5.41, 5.74) is 0.522. The second-order valence-electron chi connectivity index (χ2n) is 8.89. The molecule has 1 N–H and O–H groups in total. The Morgan fingerprint density at radius 1 is 1.26 bits per heavy atom. The summed E-state index contributed by atoms with van der Waals surface area (Å²) < 4.78 is 6.36. The molecule has 0 amide bonds.